The number of carbonyl (C=O) groups excluding carboxylic acids is 1. The molecular weight excluding hydrogens is 236 g/mol. The Kier molecular flexibility index (Phi) is 6.90. The van der Waals surface area contributed by atoms with E-state index in [1.807, 2.05) is 44.4 Å². The molecule has 19 heavy (non-hydrogen) atoms. The average molecular weight is 260 g/mol. The Labute approximate surface area is 116 Å². The molecule has 1 rings (SSSR count). The molecule has 1 amide bonds. The maximum absolute atomic E-state index is 11.8. The molecule has 104 valence electrons. The summed E-state index contributed by atoms with van der Waals surface area (Å²) in [5, 5.41) is 2.93. The number of rotatable bonds is 7. The number of nitrogens with one attached hydrogen (secondary N) is 1. The van der Waals surface area contributed by atoms with Gasteiger partial charge in [-0.15, -0.1) is 0 Å². The van der Waals surface area contributed by atoms with Crippen molar-refractivity contribution in [2.24, 2.45) is 0 Å². The first-order valence-corrected chi connectivity index (χ1v) is 6.82. The molecule has 0 saturated carbocycles. The van der Waals surface area contributed by atoms with Crippen LogP contribution in [-0.4, -0.2) is 38.0 Å². The fourth-order valence-corrected chi connectivity index (χ4v) is 1.86. The Morgan fingerprint density at radius 1 is 1.26 bits per heavy atom. The van der Waals surface area contributed by atoms with Gasteiger partial charge in [-0.05, 0) is 44.6 Å². The summed E-state index contributed by atoms with van der Waals surface area (Å²) in [6.45, 7) is 3.78. The minimum Gasteiger partial charge on any atom is -0.352 e. The van der Waals surface area contributed by atoms with E-state index in [0.717, 1.165) is 37.1 Å². The highest BCUT2D eigenvalue weighted by Gasteiger charge is 2.02. The van der Waals surface area contributed by atoms with Crippen LogP contribution in [-0.2, 0) is 4.79 Å². The van der Waals surface area contributed by atoms with E-state index in [0.29, 0.717) is 0 Å². The molecule has 3 nitrogen and oxygen atoms in total. The van der Waals surface area contributed by atoms with E-state index in [-0.39, 0.29) is 5.91 Å². The Balaban J connectivity index is 2.49. The van der Waals surface area contributed by atoms with E-state index in [1.54, 1.807) is 6.08 Å². The summed E-state index contributed by atoms with van der Waals surface area (Å²) in [5.74, 6) is -0.000501. The molecule has 0 bridgehead atoms. The van der Waals surface area contributed by atoms with Gasteiger partial charge in [0.15, 0.2) is 0 Å². The summed E-state index contributed by atoms with van der Waals surface area (Å²) >= 11 is 0. The van der Waals surface area contributed by atoms with Gasteiger partial charge in [-0.25, -0.2) is 0 Å². The SMILES string of the molecule is CC/C(=C\C(=O)NCCCN(C)C)c1ccccc1. The third-order valence-electron chi connectivity index (χ3n) is 2.91. The van der Waals surface area contributed by atoms with E-state index in [1.165, 1.54) is 0 Å². The maximum Gasteiger partial charge on any atom is 0.244 e. The fourth-order valence-electron chi connectivity index (χ4n) is 1.86. The van der Waals surface area contributed by atoms with Gasteiger partial charge in [0.2, 0.25) is 5.91 Å². The van der Waals surface area contributed by atoms with Crippen LogP contribution in [0.1, 0.15) is 25.3 Å². The van der Waals surface area contributed by atoms with Gasteiger partial charge in [0.05, 0.1) is 0 Å². The zero-order valence-corrected chi connectivity index (χ0v) is 12.1. The number of nitrogens with zero attached hydrogens (tertiary/aromatic N) is 1. The second-order valence-corrected chi connectivity index (χ2v) is 4.84. The van der Waals surface area contributed by atoms with Crippen LogP contribution in [0.5, 0.6) is 0 Å². The highest BCUT2D eigenvalue weighted by Crippen LogP contribution is 2.16. The van der Waals surface area contributed by atoms with Crippen LogP contribution in [0.3, 0.4) is 0 Å². The van der Waals surface area contributed by atoms with Crippen molar-refractivity contribution in [3.8, 4) is 0 Å². The third-order valence-corrected chi connectivity index (χ3v) is 2.91. The van der Waals surface area contributed by atoms with Crippen LogP contribution < -0.4 is 5.32 Å². The second kappa shape index (κ2) is 8.48. The molecule has 3 heteroatoms. The molecule has 1 aromatic carbocycles. The average Bonchev–Trinajstić information content (AvgIpc) is 2.41. The summed E-state index contributed by atoms with van der Waals surface area (Å²) in [4.78, 5) is 13.9. The third kappa shape index (κ3) is 6.20. The zero-order chi connectivity index (χ0) is 14.1. The first-order chi connectivity index (χ1) is 9.13. The number of hydrogen-bond acceptors (Lipinski definition) is 2. The number of hydrogen-bond donors (Lipinski definition) is 1. The molecule has 0 aromatic heterocycles. The lowest BCUT2D eigenvalue weighted by atomic mass is 10.0. The molecule has 0 radical (unpaired) electrons. The van der Waals surface area contributed by atoms with Gasteiger partial charge < -0.3 is 10.2 Å². The number of carbonyl (C=O) groups is 1. The summed E-state index contributed by atoms with van der Waals surface area (Å²) in [7, 11) is 4.07. The maximum atomic E-state index is 11.8. The Bertz CT molecular complexity index is 410. The lowest BCUT2D eigenvalue weighted by Gasteiger charge is -2.09. The molecule has 0 saturated heterocycles. The predicted octanol–water partition coefficient (Wildman–Crippen LogP) is 2.55. The fraction of sp³-hybridized carbons (Fsp3) is 0.438. The summed E-state index contributed by atoms with van der Waals surface area (Å²) in [5.41, 5.74) is 2.19. The lowest BCUT2D eigenvalue weighted by Crippen LogP contribution is -2.25. The van der Waals surface area contributed by atoms with Crippen LogP contribution in [0.4, 0.5) is 0 Å². The minimum atomic E-state index is -0.000501. The van der Waals surface area contributed by atoms with Crippen molar-refractivity contribution in [3.05, 3.63) is 42.0 Å². The van der Waals surface area contributed by atoms with Crippen LogP contribution >= 0.6 is 0 Å². The van der Waals surface area contributed by atoms with Crippen LogP contribution in [0, 0.1) is 0 Å². The molecule has 1 aromatic rings. The highest BCUT2D eigenvalue weighted by molar-refractivity contribution is 5.95. The molecule has 0 atom stereocenters. The predicted molar refractivity (Wildman–Crippen MR) is 80.9 cm³/mol. The number of benzene rings is 1. The van der Waals surface area contributed by atoms with Crippen molar-refractivity contribution in [3.63, 3.8) is 0 Å². The van der Waals surface area contributed by atoms with E-state index in [4.69, 9.17) is 0 Å². The Morgan fingerprint density at radius 3 is 2.53 bits per heavy atom. The molecule has 0 heterocycles. The minimum absolute atomic E-state index is 0.000501. The lowest BCUT2D eigenvalue weighted by molar-refractivity contribution is -0.116. The largest absolute Gasteiger partial charge is 0.352 e. The van der Waals surface area contributed by atoms with Crippen molar-refractivity contribution in [2.75, 3.05) is 27.2 Å². The Morgan fingerprint density at radius 2 is 1.95 bits per heavy atom. The van der Waals surface area contributed by atoms with Gasteiger partial charge in [-0.3, -0.25) is 4.79 Å². The van der Waals surface area contributed by atoms with E-state index >= 15 is 0 Å². The molecule has 0 spiro atoms. The van der Waals surface area contributed by atoms with Gasteiger partial charge in [0.1, 0.15) is 0 Å². The van der Waals surface area contributed by atoms with Crippen molar-refractivity contribution in [2.45, 2.75) is 19.8 Å². The molecule has 0 unspecified atom stereocenters. The van der Waals surface area contributed by atoms with Crippen molar-refractivity contribution in [1.29, 1.82) is 0 Å². The van der Waals surface area contributed by atoms with E-state index in [2.05, 4.69) is 17.1 Å². The smallest absolute Gasteiger partial charge is 0.244 e. The van der Waals surface area contributed by atoms with Gasteiger partial charge in [-0.2, -0.15) is 0 Å². The number of amides is 1. The molecule has 0 fully saturated rings. The van der Waals surface area contributed by atoms with Gasteiger partial charge in [-0.1, -0.05) is 37.3 Å². The first kappa shape index (κ1) is 15.4. The summed E-state index contributed by atoms with van der Waals surface area (Å²) in [6.07, 6.45) is 3.54. The molecule has 0 aliphatic rings. The van der Waals surface area contributed by atoms with E-state index < -0.39 is 0 Å². The normalized spacial score (nSPS) is 11.7. The van der Waals surface area contributed by atoms with E-state index in [9.17, 15) is 4.79 Å². The van der Waals surface area contributed by atoms with Crippen LogP contribution in [0.2, 0.25) is 0 Å². The van der Waals surface area contributed by atoms with Crippen molar-refractivity contribution >= 4 is 11.5 Å². The van der Waals surface area contributed by atoms with Gasteiger partial charge >= 0.3 is 0 Å². The van der Waals surface area contributed by atoms with Gasteiger partial charge in [0, 0.05) is 12.6 Å². The van der Waals surface area contributed by atoms with Gasteiger partial charge in [0.25, 0.3) is 0 Å². The highest BCUT2D eigenvalue weighted by atomic mass is 16.1. The quantitative estimate of drug-likeness (QED) is 0.603. The molecule has 0 aliphatic heterocycles. The van der Waals surface area contributed by atoms with Crippen LogP contribution in [0.25, 0.3) is 5.57 Å². The molecule has 0 aliphatic carbocycles. The molecular formula is C16H24N2O. The van der Waals surface area contributed by atoms with Crippen molar-refractivity contribution < 1.29 is 4.79 Å². The Hall–Kier alpha value is -1.61. The summed E-state index contributed by atoms with van der Waals surface area (Å²) in [6, 6.07) is 10.0. The van der Waals surface area contributed by atoms with Crippen molar-refractivity contribution in [1.82, 2.24) is 10.2 Å². The number of allylic oxidation sites excluding steroid dienone is 1. The van der Waals surface area contributed by atoms with Crippen LogP contribution in [0.15, 0.2) is 36.4 Å². The second-order valence-electron chi connectivity index (χ2n) is 4.84. The topological polar surface area (TPSA) is 32.3 Å². The summed E-state index contributed by atoms with van der Waals surface area (Å²) < 4.78 is 0. The molecule has 1 N–H and O–H groups in total. The monoisotopic (exact) mass is 260 g/mol. The zero-order valence-electron chi connectivity index (χ0n) is 12.1. The first-order valence-electron chi connectivity index (χ1n) is 6.82. The standard InChI is InChI=1S/C16H24N2O/c1-4-14(15-9-6-5-7-10-15)13-16(19)17-11-8-12-18(2)3/h5-7,9-10,13H,4,8,11-12H2,1-3H3,(H,17,19)/b14-13+.